The summed E-state index contributed by atoms with van der Waals surface area (Å²) >= 11 is 0. The van der Waals surface area contributed by atoms with Crippen LogP contribution in [0, 0.1) is 22.7 Å². The Morgan fingerprint density at radius 2 is 1.62 bits per heavy atom. The maximum absolute atomic E-state index is 17.7. The zero-order valence-electron chi connectivity index (χ0n) is 36.0. The number of aliphatic hydroxyl groups excluding tert-OH is 2. The predicted molar refractivity (Wildman–Crippen MR) is 225 cm³/mol. The number of rotatable bonds is 13. The number of nitrogens with zero attached hydrogens (tertiary/aromatic N) is 1. The summed E-state index contributed by atoms with van der Waals surface area (Å²) in [5, 5.41) is 29.8. The number of halogens is 2. The monoisotopic (exact) mass is 900 g/mol. The van der Waals surface area contributed by atoms with Crippen LogP contribution in [-0.2, 0) is 43.0 Å². The number of imide groups is 1. The highest BCUT2D eigenvalue weighted by Crippen LogP contribution is 2.72. The number of carbonyl (C=O) groups is 7. The molecule has 5 N–H and O–H groups in total. The molecule has 4 aliphatic carbocycles. The van der Waals surface area contributed by atoms with Gasteiger partial charge in [0.1, 0.15) is 36.4 Å². The summed E-state index contributed by atoms with van der Waals surface area (Å²) in [5.41, 5.74) is -6.23. The van der Waals surface area contributed by atoms with Crippen molar-refractivity contribution in [1.29, 1.82) is 0 Å². The summed E-state index contributed by atoms with van der Waals surface area (Å²) in [4.78, 5) is 88.6. The molecule has 12 atom stereocenters. The number of nitrogens with one attached hydrogen (secondary N) is 3. The summed E-state index contributed by atoms with van der Waals surface area (Å²) in [7, 11) is 0. The molecule has 0 spiro atoms. The van der Waals surface area contributed by atoms with Gasteiger partial charge in [-0.3, -0.25) is 38.5 Å². The van der Waals surface area contributed by atoms with Gasteiger partial charge < -0.3 is 40.4 Å². The van der Waals surface area contributed by atoms with E-state index in [1.54, 1.807) is 55.5 Å². The Labute approximate surface area is 372 Å². The average molecular weight is 901 g/mol. The number of carbonyl (C=O) groups excluding carboxylic acids is 7. The molecule has 4 fully saturated rings. The van der Waals surface area contributed by atoms with Gasteiger partial charge in [0, 0.05) is 59.2 Å². The van der Waals surface area contributed by atoms with Crippen LogP contribution >= 0.6 is 0 Å². The van der Waals surface area contributed by atoms with E-state index < -0.39 is 118 Å². The van der Waals surface area contributed by atoms with Crippen molar-refractivity contribution in [3.8, 4) is 11.5 Å². The smallest absolute Gasteiger partial charge is 0.253 e. The van der Waals surface area contributed by atoms with Crippen molar-refractivity contribution < 1.29 is 66.8 Å². The van der Waals surface area contributed by atoms with Gasteiger partial charge in [-0.25, -0.2) is 8.78 Å². The Bertz CT molecular complexity index is 2430. The standard InChI is InChI=1S/C47H50F2N4O12/c1-24(50-38(58)15-17-53-39(59)12-13-40(53)60)41(61)51-25(2)42(62)52-27-6-5-7-30(18-27)63-29-10-8-26(9-11-29)43-64-37-21-31-32-20-34(48)33-19-28(55)14-16-44(33,3)46(32,49)35(56)22-45(31,4)47(37,65-43)36(57)23-54/h5-14,16,18-19,24-25,31-32,34-35,37,43,54,56H,15,17,20-23H2,1-4H3,(H,50,58)(H,51,61)(H,52,62)/t24-,25-,31-,32-,34-,35-,37+,43+,44-,45-,46-,47+/m0/s1. The van der Waals surface area contributed by atoms with E-state index in [-0.39, 0.29) is 37.8 Å². The molecule has 2 heterocycles. The second-order valence-corrected chi connectivity index (χ2v) is 18.1. The topological polar surface area (TPSA) is 227 Å². The third-order valence-corrected chi connectivity index (χ3v) is 14.4. The second kappa shape index (κ2) is 16.8. The van der Waals surface area contributed by atoms with Crippen LogP contribution in [0.4, 0.5) is 14.5 Å². The van der Waals surface area contributed by atoms with Gasteiger partial charge in [-0.05, 0) is 87.9 Å². The van der Waals surface area contributed by atoms with Crippen molar-refractivity contribution in [2.45, 2.75) is 101 Å². The molecule has 0 aromatic heterocycles. The lowest BCUT2D eigenvalue weighted by atomic mass is 9.44. The van der Waals surface area contributed by atoms with Gasteiger partial charge in [0.05, 0.1) is 12.2 Å². The Hall–Kier alpha value is -5.95. The Balaban J connectivity index is 0.887. The van der Waals surface area contributed by atoms with Gasteiger partial charge in [-0.15, -0.1) is 0 Å². The minimum absolute atomic E-state index is 0.0133. The first-order valence-corrected chi connectivity index (χ1v) is 21.5. The average Bonchev–Trinajstić information content (AvgIpc) is 3.89. The number of aliphatic hydroxyl groups is 2. The van der Waals surface area contributed by atoms with Crippen molar-refractivity contribution in [2.24, 2.45) is 22.7 Å². The van der Waals surface area contributed by atoms with Crippen LogP contribution < -0.4 is 20.7 Å². The minimum Gasteiger partial charge on any atom is -0.457 e. The second-order valence-electron chi connectivity index (χ2n) is 18.1. The fraction of sp³-hybridized carbons (Fsp3) is 0.468. The van der Waals surface area contributed by atoms with Crippen molar-refractivity contribution in [3.63, 3.8) is 0 Å². The Morgan fingerprint density at radius 3 is 2.31 bits per heavy atom. The molecule has 16 nitrogen and oxygen atoms in total. The third kappa shape index (κ3) is 7.49. The van der Waals surface area contributed by atoms with E-state index in [4.69, 9.17) is 14.2 Å². The van der Waals surface area contributed by atoms with Crippen LogP contribution in [0.25, 0.3) is 0 Å². The molecule has 18 heteroatoms. The van der Waals surface area contributed by atoms with Crippen LogP contribution in [0.3, 0.4) is 0 Å². The van der Waals surface area contributed by atoms with E-state index in [1.807, 2.05) is 0 Å². The van der Waals surface area contributed by atoms with Gasteiger partial charge >= 0.3 is 0 Å². The van der Waals surface area contributed by atoms with E-state index in [0.29, 0.717) is 22.7 Å². The predicted octanol–water partition coefficient (Wildman–Crippen LogP) is 3.38. The number of ketones is 2. The number of ether oxygens (including phenoxy) is 3. The van der Waals surface area contributed by atoms with Gasteiger partial charge in [-0.2, -0.15) is 0 Å². The summed E-state index contributed by atoms with van der Waals surface area (Å²) in [6.07, 6.45) is -0.225. The summed E-state index contributed by atoms with van der Waals surface area (Å²) < 4.78 is 52.7. The lowest BCUT2D eigenvalue weighted by Crippen LogP contribution is -2.70. The highest BCUT2D eigenvalue weighted by molar-refractivity contribution is 6.13. The van der Waals surface area contributed by atoms with Crippen molar-refractivity contribution >= 4 is 46.8 Å². The van der Waals surface area contributed by atoms with Crippen LogP contribution in [0.15, 0.2) is 84.5 Å². The molecule has 1 saturated heterocycles. The number of amides is 5. The maximum atomic E-state index is 17.7. The Kier molecular flexibility index (Phi) is 11.8. The zero-order chi connectivity index (χ0) is 46.8. The normalized spacial score (nSPS) is 34.1. The SMILES string of the molecule is C[C@H](NC(=O)CCN1C(=O)C=CC1=O)C(=O)N[C@@H](C)C(=O)Nc1cccc(Oc2ccc([C@@H]3O[C@@H]4C[C@H]5[C@@H]6C[C@H](F)C7=CC(=O)C=C[C@]7(C)[C@@]6(F)[C@@H](O)C[C@]5(C)[C@]4(C(=O)CO)O3)cc2)c1. The van der Waals surface area contributed by atoms with E-state index in [0.717, 1.165) is 23.1 Å². The van der Waals surface area contributed by atoms with E-state index in [2.05, 4.69) is 16.0 Å². The van der Waals surface area contributed by atoms with Gasteiger partial charge in [0.2, 0.25) is 17.7 Å². The molecule has 5 amide bonds. The number of alkyl halides is 2. The first-order chi connectivity index (χ1) is 30.7. The van der Waals surface area contributed by atoms with Gasteiger partial charge in [-0.1, -0.05) is 31.2 Å². The fourth-order valence-corrected chi connectivity index (χ4v) is 11.1. The highest BCUT2D eigenvalue weighted by Gasteiger charge is 2.80. The molecule has 0 bridgehead atoms. The van der Waals surface area contributed by atoms with E-state index in [9.17, 15) is 43.8 Å². The molecule has 2 aliphatic heterocycles. The quantitative estimate of drug-likeness (QED) is 0.183. The molecule has 2 aromatic carbocycles. The summed E-state index contributed by atoms with van der Waals surface area (Å²) in [5.74, 6) is -5.01. The van der Waals surface area contributed by atoms with E-state index >= 15 is 8.78 Å². The summed E-state index contributed by atoms with van der Waals surface area (Å²) in [6.45, 7) is 5.04. The molecule has 0 unspecified atom stereocenters. The van der Waals surface area contributed by atoms with Crippen molar-refractivity contribution in [2.75, 3.05) is 18.5 Å². The number of hydrogen-bond donors (Lipinski definition) is 5. The summed E-state index contributed by atoms with van der Waals surface area (Å²) in [6, 6.07) is 11.0. The third-order valence-electron chi connectivity index (χ3n) is 14.4. The molecule has 0 radical (unpaired) electrons. The number of fused-ring (bicyclic) bond motifs is 7. The molecule has 2 aromatic rings. The lowest BCUT2D eigenvalue weighted by Gasteiger charge is -2.63. The van der Waals surface area contributed by atoms with Crippen LogP contribution in [0.5, 0.6) is 11.5 Å². The molecule has 6 aliphatic rings. The molecule has 344 valence electrons. The molecule has 8 rings (SSSR count). The Morgan fingerprint density at radius 1 is 0.923 bits per heavy atom. The van der Waals surface area contributed by atoms with Crippen LogP contribution in [-0.4, -0.2) is 111 Å². The molecule has 3 saturated carbocycles. The number of Topliss-reactive ketones (excluding diaryl/α,β-unsaturated/α-hetero) is 1. The van der Waals surface area contributed by atoms with Gasteiger partial charge in [0.15, 0.2) is 29.1 Å². The first-order valence-electron chi connectivity index (χ1n) is 21.5. The van der Waals surface area contributed by atoms with Crippen molar-refractivity contribution in [3.05, 3.63) is 90.0 Å². The number of allylic oxidation sites excluding steroid dienone is 4. The largest absolute Gasteiger partial charge is 0.457 e. The number of benzene rings is 2. The zero-order valence-corrected chi connectivity index (χ0v) is 36.0. The van der Waals surface area contributed by atoms with E-state index in [1.165, 1.54) is 32.9 Å². The first kappa shape index (κ1) is 45.6. The molecular weight excluding hydrogens is 851 g/mol. The van der Waals surface area contributed by atoms with Crippen LogP contribution in [0.1, 0.15) is 65.2 Å². The lowest BCUT2D eigenvalue weighted by molar-refractivity contribution is -0.235. The minimum atomic E-state index is -2.37. The number of hydrogen-bond acceptors (Lipinski definition) is 12. The van der Waals surface area contributed by atoms with Gasteiger partial charge in [0.25, 0.3) is 11.8 Å². The number of anilines is 1. The highest BCUT2D eigenvalue weighted by atomic mass is 19.1. The fourth-order valence-electron chi connectivity index (χ4n) is 11.1. The molecular formula is C47H50F2N4O12. The van der Waals surface area contributed by atoms with Crippen molar-refractivity contribution in [1.82, 2.24) is 15.5 Å². The maximum Gasteiger partial charge on any atom is 0.253 e. The van der Waals surface area contributed by atoms with Crippen LogP contribution in [0.2, 0.25) is 0 Å². The molecule has 65 heavy (non-hydrogen) atoms.